The van der Waals surface area contributed by atoms with E-state index in [1.165, 1.54) is 12.8 Å². The molecule has 13 heavy (non-hydrogen) atoms. The molecule has 1 aromatic rings. The van der Waals surface area contributed by atoms with Crippen molar-refractivity contribution in [3.8, 4) is 0 Å². The number of nitrogens with zero attached hydrogens (tertiary/aromatic N) is 3. The summed E-state index contributed by atoms with van der Waals surface area (Å²) < 4.78 is 0. The largest absolute Gasteiger partial charge is 0.344 e. The highest BCUT2D eigenvalue weighted by Crippen LogP contribution is 2.28. The molecule has 0 saturated carbocycles. The van der Waals surface area contributed by atoms with E-state index in [4.69, 9.17) is 11.6 Å². The minimum atomic E-state index is 0.588. The molecule has 1 saturated heterocycles. The monoisotopic (exact) mass is 217 g/mol. The number of hydrogen-bond donors (Lipinski definition) is 0. The summed E-state index contributed by atoms with van der Waals surface area (Å²) in [5, 5.41) is 8.99. The topological polar surface area (TPSA) is 29.0 Å². The molecule has 5 heteroatoms. The van der Waals surface area contributed by atoms with Gasteiger partial charge in [0.2, 0.25) is 5.13 Å². The molecule has 0 aliphatic carbocycles. The Labute approximate surface area is 86.7 Å². The van der Waals surface area contributed by atoms with Gasteiger partial charge in [-0.1, -0.05) is 11.3 Å². The molecule has 0 amide bonds. The zero-order valence-corrected chi connectivity index (χ0v) is 8.89. The van der Waals surface area contributed by atoms with Crippen LogP contribution in [0, 0.1) is 0 Å². The Morgan fingerprint density at radius 1 is 1.69 bits per heavy atom. The number of aromatic nitrogens is 2. The second-order valence-electron chi connectivity index (χ2n) is 3.19. The minimum absolute atomic E-state index is 0.588. The predicted molar refractivity (Wildman–Crippen MR) is 55.6 cm³/mol. The molecule has 1 unspecified atom stereocenters. The smallest absolute Gasteiger partial charge is 0.208 e. The van der Waals surface area contributed by atoms with E-state index in [1.807, 2.05) is 0 Å². The molecular weight excluding hydrogens is 206 g/mol. The molecule has 0 N–H and O–H groups in total. The van der Waals surface area contributed by atoms with Crippen molar-refractivity contribution >= 4 is 28.1 Å². The highest BCUT2D eigenvalue weighted by molar-refractivity contribution is 7.13. The van der Waals surface area contributed by atoms with Gasteiger partial charge in [0, 0.05) is 18.5 Å². The molecule has 0 aromatic carbocycles. The second kappa shape index (κ2) is 4.24. The van der Waals surface area contributed by atoms with Crippen molar-refractivity contribution < 1.29 is 0 Å². The van der Waals surface area contributed by atoms with Gasteiger partial charge in [-0.05, 0) is 19.3 Å². The summed E-state index contributed by atoms with van der Waals surface area (Å²) in [5.41, 5.74) is 1.78. The quantitative estimate of drug-likeness (QED) is 0.727. The molecule has 1 aliphatic heterocycles. The first-order valence-corrected chi connectivity index (χ1v) is 5.92. The number of anilines is 1. The summed E-state index contributed by atoms with van der Waals surface area (Å²) >= 11 is 7.36. The number of alkyl halides is 1. The molecule has 0 bridgehead atoms. The Morgan fingerprint density at radius 3 is 3.31 bits per heavy atom. The Morgan fingerprint density at radius 2 is 2.62 bits per heavy atom. The van der Waals surface area contributed by atoms with Gasteiger partial charge in [-0.2, -0.15) is 0 Å². The summed E-state index contributed by atoms with van der Waals surface area (Å²) in [4.78, 5) is 2.33. The van der Waals surface area contributed by atoms with E-state index in [9.17, 15) is 0 Å². The molecule has 72 valence electrons. The summed E-state index contributed by atoms with van der Waals surface area (Å²) in [5.74, 6) is 0.736. The van der Waals surface area contributed by atoms with E-state index >= 15 is 0 Å². The molecule has 0 radical (unpaired) electrons. The van der Waals surface area contributed by atoms with Gasteiger partial charge in [-0.15, -0.1) is 21.8 Å². The fourth-order valence-electron chi connectivity index (χ4n) is 1.81. The third-order valence-electron chi connectivity index (χ3n) is 2.41. The van der Waals surface area contributed by atoms with Crippen molar-refractivity contribution in [3.63, 3.8) is 0 Å². The van der Waals surface area contributed by atoms with E-state index < -0.39 is 0 Å². The molecule has 2 heterocycles. The van der Waals surface area contributed by atoms with E-state index in [0.29, 0.717) is 6.04 Å². The van der Waals surface area contributed by atoms with Crippen molar-refractivity contribution in [2.24, 2.45) is 0 Å². The zero-order valence-electron chi connectivity index (χ0n) is 7.32. The lowest BCUT2D eigenvalue weighted by Gasteiger charge is -2.22. The Hall–Kier alpha value is -0.350. The third-order valence-corrected chi connectivity index (χ3v) is 3.36. The van der Waals surface area contributed by atoms with Crippen molar-refractivity contribution in [1.82, 2.24) is 10.2 Å². The van der Waals surface area contributed by atoms with Gasteiger partial charge in [-0.25, -0.2) is 0 Å². The summed E-state index contributed by atoms with van der Waals surface area (Å²) in [6, 6.07) is 0.588. The maximum Gasteiger partial charge on any atom is 0.208 e. The highest BCUT2D eigenvalue weighted by atomic mass is 35.5. The third kappa shape index (κ3) is 1.94. The highest BCUT2D eigenvalue weighted by Gasteiger charge is 2.25. The van der Waals surface area contributed by atoms with Crippen molar-refractivity contribution in [2.45, 2.75) is 25.3 Å². The average molecular weight is 218 g/mol. The van der Waals surface area contributed by atoms with Crippen LogP contribution in [0.2, 0.25) is 0 Å². The molecule has 2 rings (SSSR count). The molecule has 1 aromatic heterocycles. The van der Waals surface area contributed by atoms with Gasteiger partial charge in [-0.3, -0.25) is 0 Å². The average Bonchev–Trinajstić information content (AvgIpc) is 2.71. The van der Waals surface area contributed by atoms with Gasteiger partial charge in [0.05, 0.1) is 0 Å². The normalized spacial score (nSPS) is 22.5. The van der Waals surface area contributed by atoms with E-state index in [2.05, 4.69) is 15.1 Å². The minimum Gasteiger partial charge on any atom is -0.344 e. The van der Waals surface area contributed by atoms with E-state index in [1.54, 1.807) is 16.8 Å². The number of halogens is 1. The van der Waals surface area contributed by atoms with Crippen LogP contribution in [0.5, 0.6) is 0 Å². The lowest BCUT2D eigenvalue weighted by molar-refractivity contribution is 0.646. The molecular formula is C8H12ClN3S. The van der Waals surface area contributed by atoms with Crippen LogP contribution in [-0.4, -0.2) is 28.7 Å². The van der Waals surface area contributed by atoms with Crippen LogP contribution in [0.4, 0.5) is 5.13 Å². The van der Waals surface area contributed by atoms with Gasteiger partial charge in [0.25, 0.3) is 0 Å². The van der Waals surface area contributed by atoms with Crippen LogP contribution >= 0.6 is 22.9 Å². The van der Waals surface area contributed by atoms with Crippen LogP contribution in [0.3, 0.4) is 0 Å². The van der Waals surface area contributed by atoms with E-state index in [0.717, 1.165) is 24.0 Å². The van der Waals surface area contributed by atoms with Crippen LogP contribution in [0.25, 0.3) is 0 Å². The fourth-order valence-corrected chi connectivity index (χ4v) is 2.72. The molecule has 1 aliphatic rings. The van der Waals surface area contributed by atoms with Crippen LogP contribution in [0.15, 0.2) is 5.51 Å². The summed E-state index contributed by atoms with van der Waals surface area (Å²) in [6.07, 6.45) is 3.55. The van der Waals surface area contributed by atoms with Gasteiger partial charge in [0.15, 0.2) is 0 Å². The Kier molecular flexibility index (Phi) is 3.01. The number of rotatable bonds is 3. The SMILES string of the molecule is ClCCC1CCCN1c1nncs1. The van der Waals surface area contributed by atoms with E-state index in [-0.39, 0.29) is 0 Å². The van der Waals surface area contributed by atoms with Crippen LogP contribution in [0.1, 0.15) is 19.3 Å². The summed E-state index contributed by atoms with van der Waals surface area (Å²) in [7, 11) is 0. The molecule has 0 spiro atoms. The van der Waals surface area contributed by atoms with Crippen molar-refractivity contribution in [2.75, 3.05) is 17.3 Å². The lowest BCUT2D eigenvalue weighted by atomic mass is 10.2. The van der Waals surface area contributed by atoms with Gasteiger partial charge in [0.1, 0.15) is 5.51 Å². The van der Waals surface area contributed by atoms with Gasteiger partial charge >= 0.3 is 0 Å². The van der Waals surface area contributed by atoms with Crippen molar-refractivity contribution in [1.29, 1.82) is 0 Å². The first-order valence-electron chi connectivity index (χ1n) is 4.50. The molecule has 1 atom stereocenters. The number of hydrogen-bond acceptors (Lipinski definition) is 4. The second-order valence-corrected chi connectivity index (χ2v) is 4.38. The maximum absolute atomic E-state index is 5.75. The standard InChI is InChI=1S/C8H12ClN3S/c9-4-3-7-2-1-5-12(7)8-11-10-6-13-8/h6-7H,1-5H2. The first-order chi connectivity index (χ1) is 6.42. The summed E-state index contributed by atoms with van der Waals surface area (Å²) in [6.45, 7) is 1.11. The van der Waals surface area contributed by atoms with Crippen molar-refractivity contribution in [3.05, 3.63) is 5.51 Å². The maximum atomic E-state index is 5.75. The Bertz CT molecular complexity index is 252. The Balaban J connectivity index is 2.05. The lowest BCUT2D eigenvalue weighted by Crippen LogP contribution is -2.29. The first kappa shape index (κ1) is 9.21. The van der Waals surface area contributed by atoms with Gasteiger partial charge < -0.3 is 4.90 Å². The van der Waals surface area contributed by atoms with Crippen LogP contribution in [-0.2, 0) is 0 Å². The molecule has 1 fully saturated rings. The van der Waals surface area contributed by atoms with Crippen LogP contribution < -0.4 is 4.90 Å². The fraction of sp³-hybridized carbons (Fsp3) is 0.750. The molecule has 3 nitrogen and oxygen atoms in total. The zero-order chi connectivity index (χ0) is 9.10. The predicted octanol–water partition coefficient (Wildman–Crippen LogP) is 2.14.